The second kappa shape index (κ2) is 7.24. The summed E-state index contributed by atoms with van der Waals surface area (Å²) in [5, 5.41) is 9.12. The van der Waals surface area contributed by atoms with Gasteiger partial charge in [0.1, 0.15) is 5.75 Å². The number of nitrogens with zero attached hydrogens (tertiary/aromatic N) is 2. The minimum absolute atomic E-state index is 0.591. The Labute approximate surface area is 135 Å². The zero-order valence-electron chi connectivity index (χ0n) is 12.6. The molecule has 0 bridgehead atoms. The lowest BCUT2D eigenvalue weighted by Gasteiger charge is -2.12. The van der Waals surface area contributed by atoms with Crippen LogP contribution < -0.4 is 4.74 Å². The van der Waals surface area contributed by atoms with Crippen LogP contribution in [0.5, 0.6) is 5.75 Å². The third kappa shape index (κ3) is 3.75. The van der Waals surface area contributed by atoms with Crippen molar-refractivity contribution in [2.45, 2.75) is 6.42 Å². The van der Waals surface area contributed by atoms with E-state index in [1.54, 1.807) is 18.5 Å². The summed E-state index contributed by atoms with van der Waals surface area (Å²) in [5.41, 5.74) is 3.77. The van der Waals surface area contributed by atoms with Crippen molar-refractivity contribution in [2.75, 3.05) is 6.61 Å². The quantitative estimate of drug-likeness (QED) is 0.708. The summed E-state index contributed by atoms with van der Waals surface area (Å²) in [4.78, 5) is 4.04. The Morgan fingerprint density at radius 2 is 1.74 bits per heavy atom. The van der Waals surface area contributed by atoms with E-state index in [1.807, 2.05) is 42.5 Å². The van der Waals surface area contributed by atoms with Crippen molar-refractivity contribution in [3.8, 4) is 22.9 Å². The van der Waals surface area contributed by atoms with E-state index in [9.17, 15) is 0 Å². The first-order valence-electron chi connectivity index (χ1n) is 7.48. The summed E-state index contributed by atoms with van der Waals surface area (Å²) >= 11 is 0. The predicted molar refractivity (Wildman–Crippen MR) is 90.0 cm³/mol. The van der Waals surface area contributed by atoms with Crippen LogP contribution in [0.2, 0.25) is 0 Å². The standard InChI is InChI=1S/C20H16N2O/c21-15-17-6-7-20(19(14-17)18-8-11-22-12-9-18)23-13-10-16-4-2-1-3-5-16/h1-9,11-12,14H,10,13H2. The fourth-order valence-corrected chi connectivity index (χ4v) is 2.41. The van der Waals surface area contributed by atoms with E-state index >= 15 is 0 Å². The third-order valence-corrected chi connectivity index (χ3v) is 3.59. The van der Waals surface area contributed by atoms with Crippen LogP contribution in [0.1, 0.15) is 11.1 Å². The molecule has 3 nitrogen and oxygen atoms in total. The van der Waals surface area contributed by atoms with Gasteiger partial charge in [0, 0.05) is 24.4 Å². The molecule has 0 saturated heterocycles. The molecule has 0 N–H and O–H groups in total. The minimum atomic E-state index is 0.591. The van der Waals surface area contributed by atoms with Gasteiger partial charge in [-0.3, -0.25) is 4.98 Å². The fourth-order valence-electron chi connectivity index (χ4n) is 2.41. The van der Waals surface area contributed by atoms with E-state index in [-0.39, 0.29) is 0 Å². The molecule has 112 valence electrons. The summed E-state index contributed by atoms with van der Waals surface area (Å²) in [7, 11) is 0. The van der Waals surface area contributed by atoms with Gasteiger partial charge in [-0.25, -0.2) is 0 Å². The monoisotopic (exact) mass is 300 g/mol. The summed E-state index contributed by atoms with van der Waals surface area (Å²) in [6, 6.07) is 21.7. The summed E-state index contributed by atoms with van der Waals surface area (Å²) in [6.45, 7) is 0.591. The lowest BCUT2D eigenvalue weighted by Crippen LogP contribution is -2.02. The van der Waals surface area contributed by atoms with Crippen LogP contribution in [-0.2, 0) is 6.42 Å². The summed E-state index contributed by atoms with van der Waals surface area (Å²) in [6.07, 6.45) is 4.32. The molecule has 3 aromatic rings. The Bertz CT molecular complexity index is 808. The Balaban J connectivity index is 1.80. The van der Waals surface area contributed by atoms with E-state index in [4.69, 9.17) is 10.00 Å². The molecule has 3 heteroatoms. The first kappa shape index (κ1) is 14.8. The van der Waals surface area contributed by atoms with Crippen LogP contribution in [-0.4, -0.2) is 11.6 Å². The molecule has 0 spiro atoms. The smallest absolute Gasteiger partial charge is 0.127 e. The Hall–Kier alpha value is -3.12. The lowest BCUT2D eigenvalue weighted by molar-refractivity contribution is 0.323. The summed E-state index contributed by atoms with van der Waals surface area (Å²) < 4.78 is 5.97. The van der Waals surface area contributed by atoms with Gasteiger partial charge < -0.3 is 4.74 Å². The van der Waals surface area contributed by atoms with Gasteiger partial charge in [-0.1, -0.05) is 30.3 Å². The van der Waals surface area contributed by atoms with E-state index < -0.39 is 0 Å². The molecule has 0 amide bonds. The molecular weight excluding hydrogens is 284 g/mol. The number of benzene rings is 2. The van der Waals surface area contributed by atoms with E-state index in [0.29, 0.717) is 12.2 Å². The first-order chi connectivity index (χ1) is 11.4. The number of ether oxygens (including phenoxy) is 1. The highest BCUT2D eigenvalue weighted by Gasteiger charge is 2.08. The molecule has 0 aliphatic rings. The molecule has 23 heavy (non-hydrogen) atoms. The number of rotatable bonds is 5. The molecule has 0 fully saturated rings. The molecule has 2 aromatic carbocycles. The van der Waals surface area contributed by atoms with Crippen molar-refractivity contribution in [1.82, 2.24) is 4.98 Å². The van der Waals surface area contributed by atoms with Gasteiger partial charge in [0.2, 0.25) is 0 Å². The highest BCUT2D eigenvalue weighted by Crippen LogP contribution is 2.30. The van der Waals surface area contributed by atoms with E-state index in [1.165, 1.54) is 5.56 Å². The van der Waals surface area contributed by atoms with Gasteiger partial charge in [-0.05, 0) is 41.5 Å². The molecule has 0 aliphatic heterocycles. The van der Waals surface area contributed by atoms with Gasteiger partial charge >= 0.3 is 0 Å². The average Bonchev–Trinajstić information content (AvgIpc) is 2.63. The average molecular weight is 300 g/mol. The maximum atomic E-state index is 9.12. The summed E-state index contributed by atoms with van der Waals surface area (Å²) in [5.74, 6) is 0.783. The largest absolute Gasteiger partial charge is 0.493 e. The Kier molecular flexibility index (Phi) is 4.66. The molecule has 3 rings (SSSR count). The second-order valence-corrected chi connectivity index (χ2v) is 5.14. The van der Waals surface area contributed by atoms with E-state index in [2.05, 4.69) is 23.2 Å². The highest BCUT2D eigenvalue weighted by atomic mass is 16.5. The van der Waals surface area contributed by atoms with Gasteiger partial charge in [0.15, 0.2) is 0 Å². The molecule has 0 radical (unpaired) electrons. The fraction of sp³-hybridized carbons (Fsp3) is 0.100. The molecule has 0 saturated carbocycles. The highest BCUT2D eigenvalue weighted by molar-refractivity contribution is 5.71. The predicted octanol–water partition coefficient (Wildman–Crippen LogP) is 4.24. The van der Waals surface area contributed by atoms with Gasteiger partial charge in [0.05, 0.1) is 18.2 Å². The number of nitriles is 1. The Morgan fingerprint density at radius 1 is 0.957 bits per heavy atom. The molecule has 0 unspecified atom stereocenters. The van der Waals surface area contributed by atoms with Gasteiger partial charge in [-0.15, -0.1) is 0 Å². The maximum absolute atomic E-state index is 9.12. The first-order valence-corrected chi connectivity index (χ1v) is 7.48. The molecule has 1 heterocycles. The normalized spacial score (nSPS) is 10.0. The van der Waals surface area contributed by atoms with Crippen molar-refractivity contribution >= 4 is 0 Å². The van der Waals surface area contributed by atoms with Crippen LogP contribution >= 0.6 is 0 Å². The topological polar surface area (TPSA) is 45.9 Å². The van der Waals surface area contributed by atoms with Crippen molar-refractivity contribution in [3.63, 3.8) is 0 Å². The lowest BCUT2D eigenvalue weighted by atomic mass is 10.0. The van der Waals surface area contributed by atoms with Gasteiger partial charge in [0.25, 0.3) is 0 Å². The number of hydrogen-bond acceptors (Lipinski definition) is 3. The van der Waals surface area contributed by atoms with Crippen LogP contribution in [0.4, 0.5) is 0 Å². The maximum Gasteiger partial charge on any atom is 0.127 e. The van der Waals surface area contributed by atoms with Crippen LogP contribution in [0.25, 0.3) is 11.1 Å². The van der Waals surface area contributed by atoms with Gasteiger partial charge in [-0.2, -0.15) is 5.26 Å². The van der Waals surface area contributed by atoms with Crippen molar-refractivity contribution in [2.24, 2.45) is 0 Å². The van der Waals surface area contributed by atoms with Crippen molar-refractivity contribution in [3.05, 3.63) is 84.2 Å². The van der Waals surface area contributed by atoms with Crippen molar-refractivity contribution in [1.29, 1.82) is 5.26 Å². The number of aromatic nitrogens is 1. The minimum Gasteiger partial charge on any atom is -0.493 e. The number of pyridine rings is 1. The van der Waals surface area contributed by atoms with Crippen LogP contribution in [0.15, 0.2) is 73.1 Å². The second-order valence-electron chi connectivity index (χ2n) is 5.14. The van der Waals surface area contributed by atoms with Crippen LogP contribution in [0.3, 0.4) is 0 Å². The van der Waals surface area contributed by atoms with E-state index in [0.717, 1.165) is 23.3 Å². The molecule has 1 aromatic heterocycles. The number of hydrogen-bond donors (Lipinski definition) is 0. The van der Waals surface area contributed by atoms with Crippen molar-refractivity contribution < 1.29 is 4.74 Å². The SMILES string of the molecule is N#Cc1ccc(OCCc2ccccc2)c(-c2ccncc2)c1. The molecule has 0 aliphatic carbocycles. The molecular formula is C20H16N2O. The molecule has 0 atom stereocenters. The van der Waals surface area contributed by atoms with Crippen LogP contribution in [0, 0.1) is 11.3 Å². The third-order valence-electron chi connectivity index (χ3n) is 3.59. The zero-order valence-corrected chi connectivity index (χ0v) is 12.6. The Morgan fingerprint density at radius 3 is 2.48 bits per heavy atom. The zero-order chi connectivity index (χ0) is 15.9.